The van der Waals surface area contributed by atoms with Crippen molar-refractivity contribution in [3.63, 3.8) is 0 Å². The van der Waals surface area contributed by atoms with Crippen molar-refractivity contribution in [2.75, 3.05) is 23.9 Å². The predicted molar refractivity (Wildman–Crippen MR) is 121 cm³/mol. The number of aliphatic hydroxyl groups is 1. The smallest absolute Gasteiger partial charge is 0.200 e. The van der Waals surface area contributed by atoms with E-state index in [0.717, 1.165) is 17.1 Å². The molecule has 0 amide bonds. The number of hydrogen-bond acceptors (Lipinski definition) is 4. The Hall–Kier alpha value is -3.01. The first kappa shape index (κ1) is 19.0. The van der Waals surface area contributed by atoms with Gasteiger partial charge in [-0.1, -0.05) is 64.1 Å². The maximum absolute atomic E-state index is 13.6. The SMILES string of the molecule is CN1/C(=C2/C(=O)C(C3N(C)c4ccccc4C3(C)C)=C2O)C(C)(C)c2ccccc21. The standard InChI is InChI=1S/C26H28N2O2/c1-25(2)15-11-7-9-13-17(15)27(5)23(25)19-21(29)20(22(19)30)24-26(3,4)16-12-8-10-14-18(16)28(24)6/h7-14,23,29H,1-6H3/b24-20+. The molecule has 1 N–H and O–H groups in total. The lowest BCUT2D eigenvalue weighted by Crippen LogP contribution is -2.48. The third-order valence-corrected chi connectivity index (χ3v) is 7.39. The molecule has 0 aromatic heterocycles. The molecule has 0 fully saturated rings. The molecule has 5 rings (SSSR count). The third kappa shape index (κ3) is 2.09. The Morgan fingerprint density at radius 3 is 2.00 bits per heavy atom. The molecule has 30 heavy (non-hydrogen) atoms. The van der Waals surface area contributed by atoms with E-state index in [1.165, 1.54) is 11.1 Å². The first-order chi connectivity index (χ1) is 14.1. The summed E-state index contributed by atoms with van der Waals surface area (Å²) in [5, 5.41) is 11.3. The third-order valence-electron chi connectivity index (χ3n) is 7.39. The number of anilines is 2. The second-order valence-corrected chi connectivity index (χ2v) is 9.77. The van der Waals surface area contributed by atoms with E-state index in [4.69, 9.17) is 0 Å². The summed E-state index contributed by atoms with van der Waals surface area (Å²) in [4.78, 5) is 17.8. The van der Waals surface area contributed by atoms with Gasteiger partial charge in [-0.3, -0.25) is 4.79 Å². The van der Waals surface area contributed by atoms with Crippen molar-refractivity contribution in [1.82, 2.24) is 0 Å². The van der Waals surface area contributed by atoms with Crippen LogP contribution < -0.4 is 9.80 Å². The fraction of sp³-hybridized carbons (Fsp3) is 0.346. The monoisotopic (exact) mass is 400 g/mol. The number of allylic oxidation sites excluding steroid dienone is 2. The first-order valence-electron chi connectivity index (χ1n) is 10.5. The van der Waals surface area contributed by atoms with Gasteiger partial charge in [0, 0.05) is 42.0 Å². The van der Waals surface area contributed by atoms with Crippen LogP contribution in [0.1, 0.15) is 38.8 Å². The number of carbonyl (C=O) groups is 1. The van der Waals surface area contributed by atoms with Gasteiger partial charge >= 0.3 is 0 Å². The van der Waals surface area contributed by atoms with Crippen LogP contribution in [0, 0.1) is 0 Å². The molecule has 0 saturated heterocycles. The second kappa shape index (κ2) is 5.78. The Morgan fingerprint density at radius 1 is 0.867 bits per heavy atom. The average molecular weight is 401 g/mol. The Morgan fingerprint density at radius 2 is 1.43 bits per heavy atom. The molecule has 154 valence electrons. The molecule has 0 saturated carbocycles. The van der Waals surface area contributed by atoms with Crippen LogP contribution in [0.4, 0.5) is 11.4 Å². The number of carbonyl (C=O) groups excluding carboxylic acids is 1. The van der Waals surface area contributed by atoms with Crippen LogP contribution in [0.2, 0.25) is 0 Å². The number of benzene rings is 2. The molecule has 1 atom stereocenters. The summed E-state index contributed by atoms with van der Waals surface area (Å²) < 4.78 is 0. The molecule has 2 aromatic carbocycles. The van der Waals surface area contributed by atoms with Crippen LogP contribution in [0.3, 0.4) is 0 Å². The summed E-state index contributed by atoms with van der Waals surface area (Å²) >= 11 is 0. The lowest BCUT2D eigenvalue weighted by atomic mass is 9.69. The van der Waals surface area contributed by atoms with Crippen molar-refractivity contribution >= 4 is 17.2 Å². The predicted octanol–water partition coefficient (Wildman–Crippen LogP) is 4.86. The van der Waals surface area contributed by atoms with Crippen LogP contribution in [-0.2, 0) is 15.6 Å². The number of para-hydroxylation sites is 2. The van der Waals surface area contributed by atoms with Gasteiger partial charge in [0.05, 0.1) is 17.2 Å². The van der Waals surface area contributed by atoms with E-state index in [1.807, 2.05) is 38.4 Å². The van der Waals surface area contributed by atoms with Gasteiger partial charge in [0.15, 0.2) is 5.78 Å². The fourth-order valence-electron chi connectivity index (χ4n) is 5.99. The molecule has 2 aromatic rings. The molecule has 0 radical (unpaired) electrons. The second-order valence-electron chi connectivity index (χ2n) is 9.77. The minimum absolute atomic E-state index is 0.0343. The summed E-state index contributed by atoms with van der Waals surface area (Å²) in [6.45, 7) is 8.55. The molecule has 1 unspecified atom stereocenters. The zero-order chi connectivity index (χ0) is 21.6. The average Bonchev–Trinajstić information content (AvgIpc) is 3.04. The van der Waals surface area contributed by atoms with E-state index >= 15 is 0 Å². The summed E-state index contributed by atoms with van der Waals surface area (Å²) in [5.41, 5.74) is 5.83. The summed E-state index contributed by atoms with van der Waals surface area (Å²) in [7, 11) is 3.99. The van der Waals surface area contributed by atoms with E-state index < -0.39 is 0 Å². The number of fused-ring (bicyclic) bond motifs is 2. The topological polar surface area (TPSA) is 43.8 Å². The molecule has 2 heterocycles. The molecule has 2 aliphatic heterocycles. The Balaban J connectivity index is 1.66. The van der Waals surface area contributed by atoms with Crippen molar-refractivity contribution < 1.29 is 9.90 Å². The maximum Gasteiger partial charge on any atom is 0.200 e. The summed E-state index contributed by atoms with van der Waals surface area (Å²) in [6, 6.07) is 16.3. The molecular formula is C26H28N2O2. The largest absolute Gasteiger partial charge is 0.507 e. The summed E-state index contributed by atoms with van der Waals surface area (Å²) in [6.07, 6.45) is 0. The molecule has 4 heteroatoms. The number of hydrogen-bond donors (Lipinski definition) is 1. The van der Waals surface area contributed by atoms with Gasteiger partial charge in [-0.2, -0.15) is 0 Å². The van der Waals surface area contributed by atoms with Crippen LogP contribution in [0.15, 0.2) is 71.1 Å². The highest BCUT2D eigenvalue weighted by atomic mass is 16.3. The van der Waals surface area contributed by atoms with Gasteiger partial charge < -0.3 is 14.9 Å². The lowest BCUT2D eigenvalue weighted by molar-refractivity contribution is -0.114. The maximum atomic E-state index is 13.6. The number of rotatable bonds is 1. The van der Waals surface area contributed by atoms with Gasteiger partial charge in [-0.25, -0.2) is 0 Å². The fourth-order valence-corrected chi connectivity index (χ4v) is 5.99. The van der Waals surface area contributed by atoms with Crippen molar-refractivity contribution in [1.29, 1.82) is 0 Å². The quantitative estimate of drug-likeness (QED) is 0.695. The van der Waals surface area contributed by atoms with Crippen molar-refractivity contribution in [2.45, 2.75) is 44.6 Å². The highest BCUT2D eigenvalue weighted by Gasteiger charge is 2.54. The molecule has 1 aliphatic carbocycles. The van der Waals surface area contributed by atoms with Gasteiger partial charge in [-0.05, 0) is 23.3 Å². The number of aliphatic hydroxyl groups excluding tert-OH is 1. The Bertz CT molecular complexity index is 1170. The minimum Gasteiger partial charge on any atom is -0.507 e. The molecule has 0 bridgehead atoms. The van der Waals surface area contributed by atoms with Crippen LogP contribution in [-0.4, -0.2) is 31.0 Å². The summed E-state index contributed by atoms with van der Waals surface area (Å²) in [5.74, 6) is 0.119. The first-order valence-corrected chi connectivity index (χ1v) is 10.5. The normalized spacial score (nSPS) is 26.1. The Kier molecular flexibility index (Phi) is 3.66. The van der Waals surface area contributed by atoms with Crippen LogP contribution >= 0.6 is 0 Å². The highest BCUT2D eigenvalue weighted by Crippen LogP contribution is 2.54. The molecule has 0 spiro atoms. The van der Waals surface area contributed by atoms with Crippen molar-refractivity contribution in [3.8, 4) is 0 Å². The van der Waals surface area contributed by atoms with Gasteiger partial charge in [0.2, 0.25) is 0 Å². The lowest BCUT2D eigenvalue weighted by Gasteiger charge is -2.39. The molecular weight excluding hydrogens is 372 g/mol. The number of likely N-dealkylation sites (N-methyl/N-ethyl adjacent to an activating group) is 2. The Labute approximate surface area is 178 Å². The molecule has 4 nitrogen and oxygen atoms in total. The molecule has 3 aliphatic rings. The van der Waals surface area contributed by atoms with Gasteiger partial charge in [-0.15, -0.1) is 0 Å². The minimum atomic E-state index is -0.351. The van der Waals surface area contributed by atoms with E-state index in [2.05, 4.69) is 61.8 Å². The van der Waals surface area contributed by atoms with E-state index in [0.29, 0.717) is 11.1 Å². The van der Waals surface area contributed by atoms with Crippen LogP contribution in [0.25, 0.3) is 0 Å². The zero-order valence-electron chi connectivity index (χ0n) is 18.4. The van der Waals surface area contributed by atoms with Crippen molar-refractivity contribution in [2.24, 2.45) is 0 Å². The van der Waals surface area contributed by atoms with Gasteiger partial charge in [0.1, 0.15) is 5.76 Å². The number of Topliss-reactive ketones (excluding diaryl/α,β-unsaturated/α-hetero) is 1. The number of nitrogens with zero attached hydrogens (tertiary/aromatic N) is 2. The number of ketones is 1. The van der Waals surface area contributed by atoms with Crippen LogP contribution in [0.5, 0.6) is 0 Å². The van der Waals surface area contributed by atoms with Crippen molar-refractivity contribution in [3.05, 3.63) is 82.3 Å². The van der Waals surface area contributed by atoms with E-state index in [1.54, 1.807) is 0 Å². The van der Waals surface area contributed by atoms with Gasteiger partial charge in [0.25, 0.3) is 0 Å². The van der Waals surface area contributed by atoms with E-state index in [-0.39, 0.29) is 28.4 Å². The zero-order valence-corrected chi connectivity index (χ0v) is 18.4. The van der Waals surface area contributed by atoms with E-state index in [9.17, 15) is 9.90 Å². The highest BCUT2D eigenvalue weighted by molar-refractivity contribution is 6.21.